The third-order valence-corrected chi connectivity index (χ3v) is 2.31. The quantitative estimate of drug-likeness (QED) is 0.647. The Hall–Kier alpha value is -0.280. The lowest BCUT2D eigenvalue weighted by Crippen LogP contribution is -2.45. The smallest absolute Gasteiger partial charge is 0.223 e. The van der Waals surface area contributed by atoms with Crippen LogP contribution < -0.4 is 5.73 Å². The second-order valence-corrected chi connectivity index (χ2v) is 3.56. The molecule has 1 aliphatic rings. The zero-order valence-electron chi connectivity index (χ0n) is 7.13. The fraction of sp³-hybridized carbons (Fsp3) is 0.875. The molecule has 1 aliphatic heterocycles. The summed E-state index contributed by atoms with van der Waals surface area (Å²) >= 11 is 5.47. The van der Waals surface area contributed by atoms with Crippen LogP contribution in [0.15, 0.2) is 0 Å². The van der Waals surface area contributed by atoms with Gasteiger partial charge in [0.2, 0.25) is 5.91 Å². The highest BCUT2D eigenvalue weighted by atomic mass is 35.5. The summed E-state index contributed by atoms with van der Waals surface area (Å²) in [5.41, 5.74) is 5.73. The minimum Gasteiger partial charge on any atom is -0.341 e. The van der Waals surface area contributed by atoms with Crippen LogP contribution in [-0.2, 0) is 4.79 Å². The number of nitrogens with two attached hydrogens (primary N) is 1. The molecule has 0 radical (unpaired) electrons. The number of halogens is 1. The van der Waals surface area contributed by atoms with Crippen LogP contribution in [0.3, 0.4) is 0 Å². The lowest BCUT2D eigenvalue weighted by molar-refractivity contribution is -0.131. The van der Waals surface area contributed by atoms with Crippen molar-refractivity contribution in [3.8, 4) is 0 Å². The number of rotatable bonds is 2. The minimum atomic E-state index is 0.139. The molecule has 2 N–H and O–H groups in total. The molecule has 1 atom stereocenters. The van der Waals surface area contributed by atoms with Gasteiger partial charge in [-0.15, -0.1) is 11.6 Å². The van der Waals surface area contributed by atoms with E-state index in [9.17, 15) is 4.79 Å². The molecule has 0 aromatic rings. The summed E-state index contributed by atoms with van der Waals surface area (Å²) in [4.78, 5) is 13.1. The molecule has 1 rings (SSSR count). The average molecular weight is 191 g/mol. The Balaban J connectivity index is 2.35. The SMILES string of the molecule is N[C@@H]1CCCN(C(=O)CCCl)C1. The molecular formula is C8H15ClN2O. The monoisotopic (exact) mass is 190 g/mol. The molecule has 3 nitrogen and oxygen atoms in total. The Kier molecular flexibility index (Phi) is 3.82. The topological polar surface area (TPSA) is 46.3 Å². The van der Waals surface area contributed by atoms with Crippen molar-refractivity contribution in [1.29, 1.82) is 0 Å². The highest BCUT2D eigenvalue weighted by Gasteiger charge is 2.20. The maximum atomic E-state index is 11.3. The van der Waals surface area contributed by atoms with Gasteiger partial charge in [0.1, 0.15) is 0 Å². The standard InChI is InChI=1S/C8H15ClN2O/c9-4-3-8(12)11-5-1-2-7(10)6-11/h7H,1-6,10H2/t7-/m1/s1. The van der Waals surface area contributed by atoms with Crippen molar-refractivity contribution in [2.24, 2.45) is 5.73 Å². The van der Waals surface area contributed by atoms with Gasteiger partial charge in [-0.05, 0) is 12.8 Å². The Bertz CT molecular complexity index is 163. The molecular weight excluding hydrogens is 176 g/mol. The number of hydrogen-bond acceptors (Lipinski definition) is 2. The van der Waals surface area contributed by atoms with Crippen LogP contribution in [0.2, 0.25) is 0 Å². The predicted octanol–water partition coefficient (Wildman–Crippen LogP) is 0.565. The minimum absolute atomic E-state index is 0.139. The van der Waals surface area contributed by atoms with E-state index < -0.39 is 0 Å². The molecule has 0 bridgehead atoms. The summed E-state index contributed by atoms with van der Waals surface area (Å²) in [6.07, 6.45) is 2.49. The maximum Gasteiger partial charge on any atom is 0.223 e. The van der Waals surface area contributed by atoms with Gasteiger partial charge in [-0.25, -0.2) is 0 Å². The second kappa shape index (κ2) is 4.67. The van der Waals surface area contributed by atoms with Gasteiger partial charge in [-0.3, -0.25) is 4.79 Å². The number of alkyl halides is 1. The third kappa shape index (κ3) is 2.64. The molecule has 0 aliphatic carbocycles. The highest BCUT2D eigenvalue weighted by molar-refractivity contribution is 6.18. The van der Waals surface area contributed by atoms with Crippen LogP contribution in [0.1, 0.15) is 19.3 Å². The van der Waals surface area contributed by atoms with Crippen molar-refractivity contribution >= 4 is 17.5 Å². The van der Waals surface area contributed by atoms with Crippen molar-refractivity contribution < 1.29 is 4.79 Å². The average Bonchev–Trinajstić information content (AvgIpc) is 2.05. The number of hydrogen-bond donors (Lipinski definition) is 1. The van der Waals surface area contributed by atoms with Crippen LogP contribution in [0.25, 0.3) is 0 Å². The first-order valence-electron chi connectivity index (χ1n) is 4.33. The summed E-state index contributed by atoms with van der Waals surface area (Å²) < 4.78 is 0. The second-order valence-electron chi connectivity index (χ2n) is 3.18. The van der Waals surface area contributed by atoms with Gasteiger partial charge in [0.05, 0.1) is 0 Å². The summed E-state index contributed by atoms with van der Waals surface area (Å²) in [7, 11) is 0. The molecule has 0 saturated carbocycles. The van der Waals surface area contributed by atoms with Crippen LogP contribution in [0.4, 0.5) is 0 Å². The number of piperidine rings is 1. The Morgan fingerprint density at radius 1 is 1.67 bits per heavy atom. The lowest BCUT2D eigenvalue weighted by atomic mass is 10.1. The summed E-state index contributed by atoms with van der Waals surface area (Å²) in [5.74, 6) is 0.546. The van der Waals surface area contributed by atoms with Crippen molar-refractivity contribution in [3.63, 3.8) is 0 Å². The number of nitrogens with zero attached hydrogens (tertiary/aromatic N) is 1. The van der Waals surface area contributed by atoms with Crippen LogP contribution in [-0.4, -0.2) is 35.8 Å². The molecule has 4 heteroatoms. The van der Waals surface area contributed by atoms with Gasteiger partial charge in [0, 0.05) is 31.4 Å². The highest BCUT2D eigenvalue weighted by Crippen LogP contribution is 2.09. The fourth-order valence-electron chi connectivity index (χ4n) is 1.48. The van der Waals surface area contributed by atoms with E-state index in [-0.39, 0.29) is 11.9 Å². The number of carbonyl (C=O) groups is 1. The molecule has 1 fully saturated rings. The molecule has 70 valence electrons. The largest absolute Gasteiger partial charge is 0.341 e. The number of likely N-dealkylation sites (tertiary alicyclic amines) is 1. The molecule has 0 spiro atoms. The third-order valence-electron chi connectivity index (χ3n) is 2.12. The van der Waals surface area contributed by atoms with E-state index in [4.69, 9.17) is 17.3 Å². The van der Waals surface area contributed by atoms with Crippen molar-refractivity contribution in [1.82, 2.24) is 4.90 Å². The van der Waals surface area contributed by atoms with Crippen molar-refractivity contribution in [2.75, 3.05) is 19.0 Å². The first-order chi connectivity index (χ1) is 5.74. The first kappa shape index (κ1) is 9.81. The van der Waals surface area contributed by atoms with Gasteiger partial charge >= 0.3 is 0 Å². The zero-order valence-corrected chi connectivity index (χ0v) is 7.89. The summed E-state index contributed by atoms with van der Waals surface area (Å²) in [6, 6.07) is 0.165. The Morgan fingerprint density at radius 3 is 3.00 bits per heavy atom. The number of carbonyl (C=O) groups excluding carboxylic acids is 1. The molecule has 0 aromatic carbocycles. The predicted molar refractivity (Wildman–Crippen MR) is 49.1 cm³/mol. The molecule has 0 aromatic heterocycles. The molecule has 12 heavy (non-hydrogen) atoms. The lowest BCUT2D eigenvalue weighted by Gasteiger charge is -2.30. The van der Waals surface area contributed by atoms with Crippen LogP contribution >= 0.6 is 11.6 Å². The van der Waals surface area contributed by atoms with Crippen molar-refractivity contribution in [3.05, 3.63) is 0 Å². The van der Waals surface area contributed by atoms with Gasteiger partial charge < -0.3 is 10.6 Å². The van der Waals surface area contributed by atoms with Gasteiger partial charge in [0.15, 0.2) is 0 Å². The fourth-order valence-corrected chi connectivity index (χ4v) is 1.64. The van der Waals surface area contributed by atoms with Gasteiger partial charge in [0.25, 0.3) is 0 Å². The van der Waals surface area contributed by atoms with E-state index in [1.165, 1.54) is 0 Å². The summed E-state index contributed by atoms with van der Waals surface area (Å²) in [5, 5.41) is 0. The van der Waals surface area contributed by atoms with Crippen LogP contribution in [0, 0.1) is 0 Å². The van der Waals surface area contributed by atoms with E-state index in [0.717, 1.165) is 19.4 Å². The normalized spacial score (nSPS) is 24.2. The van der Waals surface area contributed by atoms with E-state index in [1.807, 2.05) is 4.90 Å². The molecule has 0 unspecified atom stereocenters. The van der Waals surface area contributed by atoms with E-state index in [2.05, 4.69) is 0 Å². The van der Waals surface area contributed by atoms with Crippen molar-refractivity contribution in [2.45, 2.75) is 25.3 Å². The van der Waals surface area contributed by atoms with Crippen LogP contribution in [0.5, 0.6) is 0 Å². The Labute approximate surface area is 77.9 Å². The van der Waals surface area contributed by atoms with E-state index >= 15 is 0 Å². The zero-order chi connectivity index (χ0) is 8.97. The van der Waals surface area contributed by atoms with Gasteiger partial charge in [-0.1, -0.05) is 0 Å². The number of amides is 1. The van der Waals surface area contributed by atoms with E-state index in [0.29, 0.717) is 18.8 Å². The molecule has 1 heterocycles. The Morgan fingerprint density at radius 2 is 2.42 bits per heavy atom. The molecule has 1 amide bonds. The maximum absolute atomic E-state index is 11.3. The summed E-state index contributed by atoms with van der Waals surface area (Å²) in [6.45, 7) is 1.55. The van der Waals surface area contributed by atoms with Gasteiger partial charge in [-0.2, -0.15) is 0 Å². The first-order valence-corrected chi connectivity index (χ1v) is 4.87. The molecule has 1 saturated heterocycles. The van der Waals surface area contributed by atoms with E-state index in [1.54, 1.807) is 0 Å².